The van der Waals surface area contributed by atoms with Gasteiger partial charge >= 0.3 is 0 Å². The number of rotatable bonds is 3. The van der Waals surface area contributed by atoms with Gasteiger partial charge < -0.3 is 9.80 Å². The van der Waals surface area contributed by atoms with E-state index in [2.05, 4.69) is 5.10 Å². The molecule has 0 saturated heterocycles. The summed E-state index contributed by atoms with van der Waals surface area (Å²) in [4.78, 5) is 31.0. The average Bonchev–Trinajstić information content (AvgIpc) is 3.14. The molecule has 8 heteroatoms. The van der Waals surface area contributed by atoms with Gasteiger partial charge in [0, 0.05) is 41.0 Å². The maximum Gasteiger partial charge on any atom is 0.275 e. The highest BCUT2D eigenvalue weighted by Gasteiger charge is 2.39. The van der Waals surface area contributed by atoms with Gasteiger partial charge in [0.15, 0.2) is 5.69 Å². The highest BCUT2D eigenvalue weighted by Crippen LogP contribution is 2.35. The van der Waals surface area contributed by atoms with Crippen LogP contribution in [0.15, 0.2) is 59.6 Å². The Morgan fingerprint density at radius 1 is 1.13 bits per heavy atom. The van der Waals surface area contributed by atoms with Crippen LogP contribution in [-0.4, -0.2) is 51.9 Å². The van der Waals surface area contributed by atoms with Gasteiger partial charge in [-0.05, 0) is 36.2 Å². The third-order valence-electron chi connectivity index (χ3n) is 5.80. The predicted octanol–water partition coefficient (Wildman–Crippen LogP) is 3.72. The van der Waals surface area contributed by atoms with E-state index in [1.807, 2.05) is 54.7 Å². The number of benzene rings is 2. The molecule has 0 radical (unpaired) electrons. The topological polar surface area (TPSA) is 58.4 Å². The van der Waals surface area contributed by atoms with Crippen molar-refractivity contribution >= 4 is 40.9 Å². The van der Waals surface area contributed by atoms with Gasteiger partial charge in [-0.15, -0.1) is 11.8 Å². The van der Waals surface area contributed by atoms with Crippen LogP contribution in [0.1, 0.15) is 21.6 Å². The number of fused-ring (bicyclic) bond motifs is 2. The van der Waals surface area contributed by atoms with Gasteiger partial charge in [0.2, 0.25) is 5.91 Å². The van der Waals surface area contributed by atoms with Gasteiger partial charge in [-0.1, -0.05) is 35.9 Å². The Morgan fingerprint density at radius 3 is 2.71 bits per heavy atom. The molecule has 5 rings (SSSR count). The van der Waals surface area contributed by atoms with Crippen LogP contribution >= 0.6 is 23.4 Å². The van der Waals surface area contributed by atoms with E-state index in [0.29, 0.717) is 36.0 Å². The number of aromatic nitrogens is 2. The van der Waals surface area contributed by atoms with Gasteiger partial charge in [-0.2, -0.15) is 5.10 Å². The lowest BCUT2D eigenvalue weighted by atomic mass is 10.0. The van der Waals surface area contributed by atoms with E-state index in [0.717, 1.165) is 21.7 Å². The molecule has 158 valence electrons. The molecule has 2 aliphatic rings. The molecule has 0 aliphatic carbocycles. The van der Waals surface area contributed by atoms with Gasteiger partial charge in [0.05, 0.1) is 12.2 Å². The Hall–Kier alpha value is -2.77. The van der Waals surface area contributed by atoms with Gasteiger partial charge in [0.25, 0.3) is 5.91 Å². The zero-order chi connectivity index (χ0) is 21.5. The number of nitrogens with zero attached hydrogens (tertiary/aromatic N) is 4. The molecule has 2 aromatic carbocycles. The molecule has 0 spiro atoms. The number of hydrogen-bond donors (Lipinski definition) is 0. The Bertz CT molecular complexity index is 1160. The number of para-hydroxylation sites is 1. The quantitative estimate of drug-likeness (QED) is 0.607. The Morgan fingerprint density at radius 2 is 1.90 bits per heavy atom. The van der Waals surface area contributed by atoms with Crippen LogP contribution in [0.4, 0.5) is 5.69 Å². The fourth-order valence-corrected chi connectivity index (χ4v) is 5.43. The number of halogens is 1. The van der Waals surface area contributed by atoms with Crippen molar-refractivity contribution in [2.24, 2.45) is 0 Å². The van der Waals surface area contributed by atoms with Crippen molar-refractivity contribution in [3.63, 3.8) is 0 Å². The van der Waals surface area contributed by atoms with Crippen molar-refractivity contribution in [1.29, 1.82) is 0 Å². The van der Waals surface area contributed by atoms with Crippen LogP contribution in [0, 0.1) is 0 Å². The van der Waals surface area contributed by atoms with Gasteiger partial charge in [0.1, 0.15) is 6.04 Å². The average molecular weight is 453 g/mol. The van der Waals surface area contributed by atoms with E-state index in [1.165, 1.54) is 0 Å². The second-order valence-electron chi connectivity index (χ2n) is 7.77. The minimum atomic E-state index is -0.510. The van der Waals surface area contributed by atoms with Gasteiger partial charge in [-0.3, -0.25) is 14.3 Å². The lowest BCUT2D eigenvalue weighted by molar-refractivity contribution is -0.122. The number of likely N-dealkylation sites (N-methyl/N-ethyl adjacent to an activating group) is 1. The molecule has 0 saturated carbocycles. The second-order valence-corrected chi connectivity index (χ2v) is 9.27. The number of carbonyl (C=O) groups excluding carboxylic acids is 2. The van der Waals surface area contributed by atoms with Crippen LogP contribution in [0.2, 0.25) is 5.02 Å². The Kier molecular flexibility index (Phi) is 5.24. The van der Waals surface area contributed by atoms with Crippen LogP contribution in [-0.2, 0) is 17.8 Å². The summed E-state index contributed by atoms with van der Waals surface area (Å²) < 4.78 is 1.79. The summed E-state index contributed by atoms with van der Waals surface area (Å²) in [6.07, 6.45) is 2.62. The first-order valence-electron chi connectivity index (χ1n) is 10.1. The normalized spacial score (nSPS) is 18.6. The van der Waals surface area contributed by atoms with E-state index >= 15 is 0 Å². The standard InChI is InChI=1S/C23H21ClN4O2S/c1-26-18-4-2-3-5-20(18)31-14-19(22(26)29)28-11-10-16-13-27(25-21(16)23(28)30)12-15-6-8-17(24)9-7-15/h2-9,13,19H,10-12,14H2,1H3/t19-/m0/s1. The molecule has 0 N–H and O–H groups in total. The molecule has 0 unspecified atom stereocenters. The minimum absolute atomic E-state index is 0.0603. The molecule has 1 atom stereocenters. The molecule has 0 fully saturated rings. The zero-order valence-electron chi connectivity index (χ0n) is 17.0. The summed E-state index contributed by atoms with van der Waals surface area (Å²) in [5.74, 6) is 0.302. The van der Waals surface area contributed by atoms with Crippen LogP contribution in [0.3, 0.4) is 0 Å². The fourth-order valence-electron chi connectivity index (χ4n) is 4.12. The first kappa shape index (κ1) is 20.2. The SMILES string of the molecule is CN1C(=O)[C@@H](N2CCc3cn(Cc4ccc(Cl)cc4)nc3C2=O)CSc2ccccc21. The Balaban J connectivity index is 1.38. The monoisotopic (exact) mass is 452 g/mol. The van der Waals surface area contributed by atoms with Crippen molar-refractivity contribution in [3.05, 3.63) is 76.6 Å². The Labute approximate surface area is 189 Å². The lowest BCUT2D eigenvalue weighted by Gasteiger charge is -2.33. The van der Waals surface area contributed by atoms with E-state index in [1.54, 1.807) is 33.3 Å². The molecular formula is C23H21ClN4O2S. The molecule has 0 bridgehead atoms. The van der Waals surface area contributed by atoms with Crippen LogP contribution in [0.5, 0.6) is 0 Å². The number of amides is 2. The number of hydrogen-bond acceptors (Lipinski definition) is 4. The molecule has 6 nitrogen and oxygen atoms in total. The molecule has 2 amide bonds. The van der Waals surface area contributed by atoms with Crippen molar-refractivity contribution in [2.45, 2.75) is 23.9 Å². The van der Waals surface area contributed by atoms with E-state index in [4.69, 9.17) is 11.6 Å². The number of carbonyl (C=O) groups is 2. The second kappa shape index (κ2) is 8.05. The van der Waals surface area contributed by atoms with E-state index in [9.17, 15) is 9.59 Å². The minimum Gasteiger partial charge on any atom is -0.324 e. The fraction of sp³-hybridized carbons (Fsp3) is 0.261. The van der Waals surface area contributed by atoms with Crippen molar-refractivity contribution < 1.29 is 9.59 Å². The highest BCUT2D eigenvalue weighted by molar-refractivity contribution is 7.99. The maximum atomic E-state index is 13.3. The molecular weight excluding hydrogens is 432 g/mol. The third-order valence-corrected chi connectivity index (χ3v) is 7.19. The molecule has 3 heterocycles. The predicted molar refractivity (Wildman–Crippen MR) is 122 cm³/mol. The summed E-state index contributed by atoms with van der Waals surface area (Å²) in [6, 6.07) is 14.9. The van der Waals surface area contributed by atoms with Crippen molar-refractivity contribution in [1.82, 2.24) is 14.7 Å². The summed E-state index contributed by atoms with van der Waals surface area (Å²) in [5.41, 5.74) is 3.32. The van der Waals surface area contributed by atoms with Crippen molar-refractivity contribution in [2.75, 3.05) is 24.2 Å². The number of anilines is 1. The first-order chi connectivity index (χ1) is 15.0. The van der Waals surface area contributed by atoms with Crippen LogP contribution < -0.4 is 4.90 Å². The molecule has 2 aliphatic heterocycles. The largest absolute Gasteiger partial charge is 0.324 e. The molecule has 1 aromatic heterocycles. The third kappa shape index (κ3) is 3.72. The molecule has 3 aromatic rings. The zero-order valence-corrected chi connectivity index (χ0v) is 18.6. The smallest absolute Gasteiger partial charge is 0.275 e. The summed E-state index contributed by atoms with van der Waals surface area (Å²) in [5, 5.41) is 5.25. The summed E-state index contributed by atoms with van der Waals surface area (Å²) in [6.45, 7) is 1.08. The lowest BCUT2D eigenvalue weighted by Crippen LogP contribution is -2.53. The van der Waals surface area contributed by atoms with Crippen molar-refractivity contribution in [3.8, 4) is 0 Å². The highest BCUT2D eigenvalue weighted by atomic mass is 35.5. The van der Waals surface area contributed by atoms with Crippen LogP contribution in [0.25, 0.3) is 0 Å². The molecule has 31 heavy (non-hydrogen) atoms. The summed E-state index contributed by atoms with van der Waals surface area (Å²) >= 11 is 7.58. The van der Waals surface area contributed by atoms with Gasteiger partial charge in [-0.25, -0.2) is 0 Å². The first-order valence-corrected chi connectivity index (χ1v) is 11.5. The van der Waals surface area contributed by atoms with E-state index in [-0.39, 0.29) is 11.8 Å². The number of thioether (sulfide) groups is 1. The van der Waals surface area contributed by atoms with E-state index < -0.39 is 6.04 Å². The maximum absolute atomic E-state index is 13.3. The summed E-state index contributed by atoms with van der Waals surface area (Å²) in [7, 11) is 1.78.